The minimum atomic E-state index is -1.12. The van der Waals surface area contributed by atoms with E-state index in [9.17, 15) is 4.79 Å². The molecule has 21 heavy (non-hydrogen) atoms. The number of nitrogens with one attached hydrogen (secondary N) is 2. The van der Waals surface area contributed by atoms with Gasteiger partial charge in [-0.2, -0.15) is 0 Å². The Labute approximate surface area is 147 Å². The zero-order chi connectivity index (χ0) is 14.8. The summed E-state index contributed by atoms with van der Waals surface area (Å²) in [6.07, 6.45) is 5.17. The Balaban J connectivity index is 1.40. The van der Waals surface area contributed by atoms with Crippen molar-refractivity contribution in [2.24, 2.45) is 23.2 Å². The third-order valence-electron chi connectivity index (χ3n) is 6.79. The molecule has 2 saturated heterocycles. The fourth-order valence-electron chi connectivity index (χ4n) is 5.42. The van der Waals surface area contributed by atoms with Crippen molar-refractivity contribution in [2.75, 3.05) is 0 Å². The van der Waals surface area contributed by atoms with Crippen molar-refractivity contribution in [3.8, 4) is 0 Å². The number of esters is 1. The Morgan fingerprint density at radius 1 is 1.38 bits per heavy atom. The molecule has 118 valence electrons. The zero-order valence-corrected chi connectivity index (χ0v) is 16.9. The molecule has 1 spiro atoms. The SMILES string of the molecule is CC1CC2CC3(C1)CC3C2(C)OC(=O)C(C)(I)C12NI1N2. The van der Waals surface area contributed by atoms with Crippen molar-refractivity contribution in [2.45, 2.75) is 59.1 Å². The van der Waals surface area contributed by atoms with Gasteiger partial charge in [0, 0.05) is 0 Å². The fraction of sp³-hybridized carbons (Fsp3) is 0.933. The van der Waals surface area contributed by atoms with Crippen LogP contribution in [0.2, 0.25) is 0 Å². The molecular weight excluding hydrogens is 494 g/mol. The monoisotopic (exact) mass is 516 g/mol. The summed E-state index contributed by atoms with van der Waals surface area (Å²) in [5.74, 6) is 2.02. The van der Waals surface area contributed by atoms with E-state index in [1.54, 1.807) is 0 Å². The van der Waals surface area contributed by atoms with E-state index in [0.717, 1.165) is 5.92 Å². The average Bonchev–Trinajstić information content (AvgIpc) is 3.20. The summed E-state index contributed by atoms with van der Waals surface area (Å²) >= 11 is 1.19. The second kappa shape index (κ2) is 3.74. The molecule has 5 rings (SSSR count). The summed E-state index contributed by atoms with van der Waals surface area (Å²) in [4.78, 5) is 12.9. The maximum absolute atomic E-state index is 12.9. The van der Waals surface area contributed by atoms with Crippen LogP contribution < -0.4 is 7.06 Å². The van der Waals surface area contributed by atoms with Crippen LogP contribution in [0.4, 0.5) is 0 Å². The Hall–Kier alpha value is 0.850. The van der Waals surface area contributed by atoms with Crippen LogP contribution >= 0.6 is 43.0 Å². The molecule has 4 nitrogen and oxygen atoms in total. The number of ether oxygens (including phenoxy) is 1. The van der Waals surface area contributed by atoms with E-state index in [-0.39, 0.29) is 15.2 Å². The molecule has 6 heteroatoms. The molecule has 0 aromatic rings. The molecule has 0 aromatic carbocycles. The Kier molecular flexibility index (Phi) is 2.53. The number of carbonyl (C=O) groups excluding carboxylic acids is 1. The first kappa shape index (κ1) is 14.2. The normalized spacial score (nSPS) is 55.0. The molecule has 2 N–H and O–H groups in total. The molecule has 2 aliphatic heterocycles. The summed E-state index contributed by atoms with van der Waals surface area (Å²) in [6, 6.07) is 0. The van der Waals surface area contributed by atoms with Gasteiger partial charge in [0.25, 0.3) is 0 Å². The average molecular weight is 516 g/mol. The van der Waals surface area contributed by atoms with E-state index in [4.69, 9.17) is 4.74 Å². The molecule has 3 saturated carbocycles. The molecule has 0 aromatic heterocycles. The number of hydrogen-bond acceptors (Lipinski definition) is 4. The van der Waals surface area contributed by atoms with E-state index in [2.05, 4.69) is 43.5 Å². The predicted molar refractivity (Wildman–Crippen MR) is 97.0 cm³/mol. The molecular formula is C15H22I2N2O2. The van der Waals surface area contributed by atoms with Gasteiger partial charge in [-0.05, 0) is 0 Å². The summed E-state index contributed by atoms with van der Waals surface area (Å²) in [5, 5.41) is 0. The first-order valence-electron chi connectivity index (χ1n) is 7.91. The van der Waals surface area contributed by atoms with E-state index in [1.807, 2.05) is 6.92 Å². The number of halogens is 2. The molecule has 2 bridgehead atoms. The number of carbonyl (C=O) groups is 1. The first-order chi connectivity index (χ1) is 9.74. The topological polar surface area (TPSA) is 70.2 Å². The molecule has 0 amide bonds. The van der Waals surface area contributed by atoms with Crippen LogP contribution in [0.25, 0.3) is 0 Å². The van der Waals surface area contributed by atoms with Gasteiger partial charge < -0.3 is 0 Å². The second-order valence-electron chi connectivity index (χ2n) is 8.27. The van der Waals surface area contributed by atoms with Crippen molar-refractivity contribution >= 4 is 48.9 Å². The standard InChI is InChI=1S/C15H22I2N2O2/c1-8-4-9-6-14(5-8)7-10(14)12(9,2)21-11(20)13(3,16)15-17(18-15)19-15/h8-10,18-19H,4-7H2,1-3H3. The quantitative estimate of drug-likeness (QED) is 0.151. The maximum atomic E-state index is 12.9. The minimum absolute atomic E-state index is 0.00477. The van der Waals surface area contributed by atoms with E-state index < -0.39 is 23.8 Å². The van der Waals surface area contributed by atoms with Crippen LogP contribution in [0.15, 0.2) is 0 Å². The number of fused-ring (bicyclic) bond motifs is 2. The van der Waals surface area contributed by atoms with Crippen LogP contribution in [0.3, 0.4) is 0 Å². The molecule has 5 aliphatic rings. The second-order valence-corrected chi connectivity index (χ2v) is 14.7. The van der Waals surface area contributed by atoms with Crippen LogP contribution in [0.5, 0.6) is 0 Å². The van der Waals surface area contributed by atoms with Crippen LogP contribution in [0, 0.1) is 23.2 Å². The number of alkyl halides is 2. The summed E-state index contributed by atoms with van der Waals surface area (Å²) in [5.41, 5.74) is 0.332. The number of rotatable bonds is 3. The van der Waals surface area contributed by atoms with Gasteiger partial charge in [-0.1, -0.05) is 0 Å². The van der Waals surface area contributed by atoms with Gasteiger partial charge in [-0.3, -0.25) is 0 Å². The third kappa shape index (κ3) is 1.61. The van der Waals surface area contributed by atoms with Crippen LogP contribution in [-0.4, -0.2) is 18.7 Å². The van der Waals surface area contributed by atoms with E-state index >= 15 is 0 Å². The van der Waals surface area contributed by atoms with Crippen LogP contribution in [0.1, 0.15) is 46.5 Å². The first-order valence-corrected chi connectivity index (χ1v) is 12.2. The van der Waals surface area contributed by atoms with Crippen molar-refractivity contribution in [3.05, 3.63) is 0 Å². The molecule has 6 unspecified atom stereocenters. The molecule has 6 atom stereocenters. The third-order valence-corrected chi connectivity index (χ3v) is 13.9. The number of hydrogen-bond donors (Lipinski definition) is 2. The van der Waals surface area contributed by atoms with Gasteiger partial charge in [-0.25, -0.2) is 0 Å². The Morgan fingerprint density at radius 2 is 2.05 bits per heavy atom. The van der Waals surface area contributed by atoms with Gasteiger partial charge in [-0.15, -0.1) is 0 Å². The Morgan fingerprint density at radius 3 is 2.67 bits per heavy atom. The summed E-state index contributed by atoms with van der Waals surface area (Å²) < 4.78 is 12.8. The predicted octanol–water partition coefficient (Wildman–Crippen LogP) is 3.13. The van der Waals surface area contributed by atoms with E-state index in [0.29, 0.717) is 17.3 Å². The summed E-state index contributed by atoms with van der Waals surface area (Å²) in [6.45, 7) is 6.64. The molecule has 3 aliphatic carbocycles. The van der Waals surface area contributed by atoms with Crippen molar-refractivity contribution in [1.82, 2.24) is 7.06 Å². The van der Waals surface area contributed by atoms with Gasteiger partial charge in [0.15, 0.2) is 0 Å². The van der Waals surface area contributed by atoms with Crippen molar-refractivity contribution in [3.63, 3.8) is 0 Å². The summed E-state index contributed by atoms with van der Waals surface area (Å²) in [7, 11) is 0. The Bertz CT molecular complexity index is 562. The molecule has 0 radical (unpaired) electrons. The fourth-order valence-corrected chi connectivity index (χ4v) is 13.2. The van der Waals surface area contributed by atoms with Crippen LogP contribution in [-0.2, 0) is 9.53 Å². The van der Waals surface area contributed by atoms with Gasteiger partial charge in [0.1, 0.15) is 0 Å². The van der Waals surface area contributed by atoms with Crippen molar-refractivity contribution in [1.29, 1.82) is 0 Å². The van der Waals surface area contributed by atoms with E-state index in [1.165, 1.54) is 25.7 Å². The van der Waals surface area contributed by atoms with Gasteiger partial charge in [0.2, 0.25) is 0 Å². The molecule has 5 fully saturated rings. The zero-order valence-electron chi connectivity index (χ0n) is 12.6. The molecule has 2 heterocycles. The van der Waals surface area contributed by atoms with Gasteiger partial charge >= 0.3 is 148 Å². The van der Waals surface area contributed by atoms with Gasteiger partial charge in [0.05, 0.1) is 0 Å². The van der Waals surface area contributed by atoms with Crippen molar-refractivity contribution < 1.29 is 9.53 Å².